The quantitative estimate of drug-likeness (QED) is 0.811. The van der Waals surface area contributed by atoms with Crippen molar-refractivity contribution in [3.63, 3.8) is 0 Å². The number of hydrogen-bond donors (Lipinski definition) is 0. The summed E-state index contributed by atoms with van der Waals surface area (Å²) >= 11 is 0. The molecule has 0 N–H and O–H groups in total. The van der Waals surface area contributed by atoms with Crippen LogP contribution in [0.2, 0.25) is 0 Å². The number of methoxy groups -OCH3 is 1. The van der Waals surface area contributed by atoms with Crippen LogP contribution < -0.4 is 4.74 Å². The van der Waals surface area contributed by atoms with E-state index in [2.05, 4.69) is 11.8 Å². The van der Waals surface area contributed by atoms with Gasteiger partial charge in [-0.15, -0.1) is 0 Å². The van der Waals surface area contributed by atoms with Gasteiger partial charge in [0, 0.05) is 19.2 Å². The summed E-state index contributed by atoms with van der Waals surface area (Å²) in [5, 5.41) is 0. The molecule has 1 aromatic rings. The van der Waals surface area contributed by atoms with Crippen LogP contribution in [0, 0.1) is 11.8 Å². The Morgan fingerprint density at radius 1 is 1.32 bits per heavy atom. The first kappa shape index (κ1) is 15.3. The second kappa shape index (κ2) is 6.69. The fraction of sp³-hybridized carbons (Fsp3) is 0.611. The minimum Gasteiger partial charge on any atom is -0.497 e. The van der Waals surface area contributed by atoms with Crippen LogP contribution in [0.4, 0.5) is 0 Å². The molecule has 1 heterocycles. The molecule has 2 atom stereocenters. The SMILES string of the molecule is COc1ccc(CN(C(=O)C2CCOC2)C(C)C2CC2)cc1. The monoisotopic (exact) mass is 303 g/mol. The Bertz CT molecular complexity index is 504. The van der Waals surface area contributed by atoms with Gasteiger partial charge >= 0.3 is 0 Å². The third-order valence-electron chi connectivity index (χ3n) is 4.87. The molecule has 120 valence electrons. The highest BCUT2D eigenvalue weighted by Gasteiger charge is 2.37. The third kappa shape index (κ3) is 3.43. The Morgan fingerprint density at radius 3 is 2.59 bits per heavy atom. The van der Waals surface area contributed by atoms with Crippen molar-refractivity contribution in [2.45, 2.75) is 38.8 Å². The van der Waals surface area contributed by atoms with Gasteiger partial charge in [0.05, 0.1) is 19.6 Å². The van der Waals surface area contributed by atoms with E-state index in [1.807, 2.05) is 24.3 Å². The highest BCUT2D eigenvalue weighted by atomic mass is 16.5. The molecule has 22 heavy (non-hydrogen) atoms. The van der Waals surface area contributed by atoms with Crippen LogP contribution in [0.5, 0.6) is 5.75 Å². The molecule has 0 bridgehead atoms. The molecule has 1 saturated carbocycles. The van der Waals surface area contributed by atoms with Gasteiger partial charge in [0.25, 0.3) is 0 Å². The molecule has 1 aliphatic carbocycles. The highest BCUT2D eigenvalue weighted by Crippen LogP contribution is 2.36. The van der Waals surface area contributed by atoms with Crippen LogP contribution >= 0.6 is 0 Å². The van der Waals surface area contributed by atoms with Gasteiger partial charge in [-0.2, -0.15) is 0 Å². The smallest absolute Gasteiger partial charge is 0.228 e. The summed E-state index contributed by atoms with van der Waals surface area (Å²) in [5.41, 5.74) is 1.15. The van der Waals surface area contributed by atoms with Gasteiger partial charge in [-0.3, -0.25) is 4.79 Å². The first-order valence-corrected chi connectivity index (χ1v) is 8.20. The second-order valence-corrected chi connectivity index (χ2v) is 6.45. The molecule has 1 aliphatic heterocycles. The minimum absolute atomic E-state index is 0.0412. The maximum atomic E-state index is 12.9. The lowest BCUT2D eigenvalue weighted by atomic mass is 10.0. The molecule has 1 amide bonds. The standard InChI is InChI=1S/C18H25NO3/c1-13(15-5-6-15)19(18(20)16-9-10-22-12-16)11-14-3-7-17(21-2)8-4-14/h3-4,7-8,13,15-16H,5-6,9-12H2,1-2H3. The van der Waals surface area contributed by atoms with Crippen LogP contribution in [0.15, 0.2) is 24.3 Å². The van der Waals surface area contributed by atoms with Gasteiger partial charge in [0.2, 0.25) is 5.91 Å². The minimum atomic E-state index is 0.0412. The number of rotatable bonds is 6. The summed E-state index contributed by atoms with van der Waals surface area (Å²) in [5.74, 6) is 1.82. The van der Waals surface area contributed by atoms with Crippen LogP contribution in [-0.4, -0.2) is 37.2 Å². The lowest BCUT2D eigenvalue weighted by Crippen LogP contribution is -2.43. The summed E-state index contributed by atoms with van der Waals surface area (Å²) in [6.45, 7) is 4.16. The van der Waals surface area contributed by atoms with Crippen molar-refractivity contribution in [1.82, 2.24) is 4.90 Å². The van der Waals surface area contributed by atoms with Crippen molar-refractivity contribution in [3.05, 3.63) is 29.8 Å². The van der Waals surface area contributed by atoms with Crippen LogP contribution in [-0.2, 0) is 16.1 Å². The van der Waals surface area contributed by atoms with Crippen molar-refractivity contribution in [2.24, 2.45) is 11.8 Å². The van der Waals surface area contributed by atoms with E-state index < -0.39 is 0 Å². The van der Waals surface area contributed by atoms with Crippen molar-refractivity contribution in [2.75, 3.05) is 20.3 Å². The summed E-state index contributed by atoms with van der Waals surface area (Å²) in [4.78, 5) is 14.9. The van der Waals surface area contributed by atoms with Gasteiger partial charge < -0.3 is 14.4 Å². The number of benzene rings is 1. The van der Waals surface area contributed by atoms with E-state index in [1.54, 1.807) is 7.11 Å². The number of carbonyl (C=O) groups is 1. The van der Waals surface area contributed by atoms with Gasteiger partial charge in [0.15, 0.2) is 0 Å². The van der Waals surface area contributed by atoms with Gasteiger partial charge in [-0.05, 0) is 49.8 Å². The lowest BCUT2D eigenvalue weighted by Gasteiger charge is -2.31. The zero-order chi connectivity index (χ0) is 15.5. The van der Waals surface area contributed by atoms with E-state index in [4.69, 9.17) is 9.47 Å². The van der Waals surface area contributed by atoms with Gasteiger partial charge in [-0.25, -0.2) is 0 Å². The second-order valence-electron chi connectivity index (χ2n) is 6.45. The van der Waals surface area contributed by atoms with E-state index in [-0.39, 0.29) is 11.8 Å². The van der Waals surface area contributed by atoms with E-state index in [1.165, 1.54) is 12.8 Å². The number of carbonyl (C=O) groups excluding carboxylic acids is 1. The Hall–Kier alpha value is -1.55. The van der Waals surface area contributed by atoms with E-state index in [9.17, 15) is 4.79 Å². The Kier molecular flexibility index (Phi) is 4.67. The van der Waals surface area contributed by atoms with Crippen LogP contribution in [0.1, 0.15) is 31.7 Å². The largest absolute Gasteiger partial charge is 0.497 e. The Labute approximate surface area is 132 Å². The molecule has 0 aromatic heterocycles. The molecule has 4 nitrogen and oxygen atoms in total. The first-order valence-electron chi connectivity index (χ1n) is 8.20. The summed E-state index contributed by atoms with van der Waals surface area (Å²) in [7, 11) is 1.67. The number of amides is 1. The van der Waals surface area contributed by atoms with E-state index >= 15 is 0 Å². The Balaban J connectivity index is 1.73. The fourth-order valence-electron chi connectivity index (χ4n) is 3.15. The van der Waals surface area contributed by atoms with Crippen molar-refractivity contribution < 1.29 is 14.3 Å². The van der Waals surface area contributed by atoms with E-state index in [0.29, 0.717) is 31.7 Å². The van der Waals surface area contributed by atoms with Gasteiger partial charge in [0.1, 0.15) is 5.75 Å². The predicted octanol–water partition coefficient (Wildman–Crippen LogP) is 2.86. The zero-order valence-corrected chi connectivity index (χ0v) is 13.5. The third-order valence-corrected chi connectivity index (χ3v) is 4.87. The molecule has 2 fully saturated rings. The van der Waals surface area contributed by atoms with Crippen LogP contribution in [0.3, 0.4) is 0 Å². The molecular formula is C18H25NO3. The summed E-state index contributed by atoms with van der Waals surface area (Å²) < 4.78 is 10.6. The van der Waals surface area contributed by atoms with Crippen molar-refractivity contribution in [3.8, 4) is 5.75 Å². The summed E-state index contributed by atoms with van der Waals surface area (Å²) in [6.07, 6.45) is 3.35. The molecule has 3 rings (SSSR count). The fourth-order valence-corrected chi connectivity index (χ4v) is 3.15. The summed E-state index contributed by atoms with van der Waals surface area (Å²) in [6, 6.07) is 8.32. The molecule has 2 aliphatic rings. The average Bonchev–Trinajstić information content (AvgIpc) is 3.26. The van der Waals surface area contributed by atoms with E-state index in [0.717, 1.165) is 17.7 Å². The Morgan fingerprint density at radius 2 is 2.05 bits per heavy atom. The molecule has 1 saturated heterocycles. The molecule has 0 radical (unpaired) electrons. The molecule has 1 aromatic carbocycles. The molecule has 2 unspecified atom stereocenters. The molecule has 0 spiro atoms. The van der Waals surface area contributed by atoms with Crippen molar-refractivity contribution >= 4 is 5.91 Å². The number of nitrogens with zero attached hydrogens (tertiary/aromatic N) is 1. The normalized spacial score (nSPS) is 22.4. The van der Waals surface area contributed by atoms with Crippen molar-refractivity contribution in [1.29, 1.82) is 0 Å². The maximum absolute atomic E-state index is 12.9. The lowest BCUT2D eigenvalue weighted by molar-refractivity contribution is -0.138. The van der Waals surface area contributed by atoms with Crippen LogP contribution in [0.25, 0.3) is 0 Å². The molecule has 4 heteroatoms. The number of ether oxygens (including phenoxy) is 2. The molecular weight excluding hydrogens is 278 g/mol. The predicted molar refractivity (Wildman–Crippen MR) is 84.7 cm³/mol. The average molecular weight is 303 g/mol. The highest BCUT2D eigenvalue weighted by molar-refractivity contribution is 5.79. The number of hydrogen-bond acceptors (Lipinski definition) is 3. The van der Waals surface area contributed by atoms with Gasteiger partial charge in [-0.1, -0.05) is 12.1 Å². The zero-order valence-electron chi connectivity index (χ0n) is 13.5. The maximum Gasteiger partial charge on any atom is 0.228 e. The topological polar surface area (TPSA) is 38.8 Å². The first-order chi connectivity index (χ1) is 10.7.